The van der Waals surface area contributed by atoms with Crippen LogP contribution in [0.3, 0.4) is 0 Å². The summed E-state index contributed by atoms with van der Waals surface area (Å²) in [5.74, 6) is -0.577. The number of nitrogens with one attached hydrogen (secondary N) is 2. The number of hydrogen-bond donors (Lipinski definition) is 2. The van der Waals surface area contributed by atoms with Crippen LogP contribution in [0.4, 0.5) is 8.78 Å². The van der Waals surface area contributed by atoms with Crippen molar-refractivity contribution >= 4 is 11.9 Å². The second-order valence-corrected chi connectivity index (χ2v) is 5.37. The summed E-state index contributed by atoms with van der Waals surface area (Å²) in [7, 11) is 0. The van der Waals surface area contributed by atoms with Crippen molar-refractivity contribution in [2.24, 2.45) is 4.99 Å². The van der Waals surface area contributed by atoms with Crippen LogP contribution in [-0.2, 0) is 11.3 Å². The van der Waals surface area contributed by atoms with E-state index in [0.717, 1.165) is 44.1 Å². The highest BCUT2D eigenvalue weighted by molar-refractivity contribution is 5.86. The maximum absolute atomic E-state index is 13.6. The smallest absolute Gasteiger partial charge is 0.241 e. The fourth-order valence-electron chi connectivity index (χ4n) is 2.41. The van der Waals surface area contributed by atoms with Gasteiger partial charge in [-0.2, -0.15) is 0 Å². The molecule has 0 radical (unpaired) electrons. The number of nitrogens with zero attached hydrogens (tertiary/aromatic N) is 2. The van der Waals surface area contributed by atoms with E-state index in [0.29, 0.717) is 12.5 Å². The Morgan fingerprint density at radius 2 is 2.00 bits per heavy atom. The number of benzene rings is 1. The molecule has 0 unspecified atom stereocenters. The Hall–Kier alpha value is -2.18. The summed E-state index contributed by atoms with van der Waals surface area (Å²) >= 11 is 0. The molecule has 1 saturated heterocycles. The molecule has 1 heterocycles. The lowest BCUT2D eigenvalue weighted by Crippen LogP contribution is -2.44. The molecule has 1 amide bonds. The third kappa shape index (κ3) is 5.19. The van der Waals surface area contributed by atoms with Gasteiger partial charge in [-0.1, -0.05) is 0 Å². The third-order valence-corrected chi connectivity index (χ3v) is 3.63. The highest BCUT2D eigenvalue weighted by Gasteiger charge is 2.17. The van der Waals surface area contributed by atoms with Crippen LogP contribution in [0.15, 0.2) is 23.2 Å². The molecule has 2 N–H and O–H groups in total. The van der Waals surface area contributed by atoms with Crippen molar-refractivity contribution in [1.82, 2.24) is 15.5 Å². The second kappa shape index (κ2) is 8.45. The van der Waals surface area contributed by atoms with Crippen molar-refractivity contribution in [2.45, 2.75) is 26.3 Å². The van der Waals surface area contributed by atoms with E-state index < -0.39 is 11.6 Å². The van der Waals surface area contributed by atoms with Crippen molar-refractivity contribution in [1.29, 1.82) is 0 Å². The predicted octanol–water partition coefficient (Wildman–Crippen LogP) is 1.64. The van der Waals surface area contributed by atoms with Gasteiger partial charge in [0.05, 0.1) is 13.1 Å². The first kappa shape index (κ1) is 17.2. The van der Waals surface area contributed by atoms with Crippen LogP contribution < -0.4 is 10.6 Å². The zero-order chi connectivity index (χ0) is 16.7. The maximum Gasteiger partial charge on any atom is 0.241 e. The minimum absolute atomic E-state index is 0.00314. The van der Waals surface area contributed by atoms with Gasteiger partial charge in [-0.3, -0.25) is 4.79 Å². The highest BCUT2D eigenvalue weighted by atomic mass is 19.1. The van der Waals surface area contributed by atoms with E-state index in [1.165, 1.54) is 0 Å². The third-order valence-electron chi connectivity index (χ3n) is 3.63. The molecule has 0 aliphatic carbocycles. The number of hydrogen-bond acceptors (Lipinski definition) is 2. The normalized spacial score (nSPS) is 14.9. The van der Waals surface area contributed by atoms with Gasteiger partial charge in [-0.25, -0.2) is 13.8 Å². The van der Waals surface area contributed by atoms with E-state index >= 15 is 0 Å². The molecular weight excluding hydrogens is 302 g/mol. The van der Waals surface area contributed by atoms with Crippen LogP contribution in [0.5, 0.6) is 0 Å². The van der Waals surface area contributed by atoms with Crippen LogP contribution in [0.25, 0.3) is 0 Å². The van der Waals surface area contributed by atoms with E-state index in [4.69, 9.17) is 0 Å². The summed E-state index contributed by atoms with van der Waals surface area (Å²) in [6.07, 6.45) is 2.08. The molecule has 0 saturated carbocycles. The minimum atomic E-state index is -0.501. The number of halogens is 2. The number of amides is 1. The summed E-state index contributed by atoms with van der Waals surface area (Å²) in [5, 5.41) is 5.92. The summed E-state index contributed by atoms with van der Waals surface area (Å²) in [6, 6.07) is 3.27. The van der Waals surface area contributed by atoms with E-state index in [1.807, 2.05) is 11.8 Å². The SMILES string of the molecule is CCNC(=NCc1cc(F)ccc1F)NCC(=O)N1CCCC1. The first-order valence-corrected chi connectivity index (χ1v) is 7.84. The largest absolute Gasteiger partial charge is 0.357 e. The molecule has 0 aromatic heterocycles. The summed E-state index contributed by atoms with van der Waals surface area (Å²) in [5.41, 5.74) is 0.174. The van der Waals surface area contributed by atoms with Gasteiger partial charge in [-0.15, -0.1) is 0 Å². The Morgan fingerprint density at radius 3 is 2.70 bits per heavy atom. The molecule has 0 atom stereocenters. The summed E-state index contributed by atoms with van der Waals surface area (Å²) in [4.78, 5) is 18.0. The number of likely N-dealkylation sites (tertiary alicyclic amines) is 1. The highest BCUT2D eigenvalue weighted by Crippen LogP contribution is 2.10. The summed E-state index contributed by atoms with van der Waals surface area (Å²) < 4.78 is 26.7. The molecule has 1 fully saturated rings. The van der Waals surface area contributed by atoms with Crippen LogP contribution in [0.1, 0.15) is 25.3 Å². The van der Waals surface area contributed by atoms with Gasteiger partial charge in [0.15, 0.2) is 5.96 Å². The van der Waals surface area contributed by atoms with E-state index in [2.05, 4.69) is 15.6 Å². The van der Waals surface area contributed by atoms with Crippen LogP contribution in [0.2, 0.25) is 0 Å². The van der Waals surface area contributed by atoms with E-state index in [9.17, 15) is 13.6 Å². The lowest BCUT2D eigenvalue weighted by Gasteiger charge is -2.17. The van der Waals surface area contributed by atoms with Gasteiger partial charge in [-0.05, 0) is 38.0 Å². The lowest BCUT2D eigenvalue weighted by molar-refractivity contribution is -0.128. The topological polar surface area (TPSA) is 56.7 Å². The Balaban J connectivity index is 1.93. The number of guanidine groups is 1. The molecule has 7 heteroatoms. The van der Waals surface area contributed by atoms with Crippen molar-refractivity contribution < 1.29 is 13.6 Å². The Morgan fingerprint density at radius 1 is 1.26 bits per heavy atom. The lowest BCUT2D eigenvalue weighted by atomic mass is 10.2. The molecule has 1 aromatic carbocycles. The zero-order valence-electron chi connectivity index (χ0n) is 13.2. The minimum Gasteiger partial charge on any atom is -0.357 e. The molecule has 1 aromatic rings. The first-order valence-electron chi connectivity index (χ1n) is 7.84. The number of rotatable bonds is 5. The standard InChI is InChI=1S/C16H22F2N4O/c1-2-19-16(21-11-15(23)22-7-3-4-8-22)20-10-12-9-13(17)5-6-14(12)18/h5-6,9H,2-4,7-8,10-11H2,1H3,(H2,19,20,21). The molecule has 0 bridgehead atoms. The average molecular weight is 324 g/mol. The Bertz CT molecular complexity index is 571. The van der Waals surface area contributed by atoms with Crippen molar-refractivity contribution in [3.63, 3.8) is 0 Å². The molecular formula is C16H22F2N4O. The predicted molar refractivity (Wildman–Crippen MR) is 85.0 cm³/mol. The van der Waals surface area contributed by atoms with Gasteiger partial charge in [0.2, 0.25) is 5.91 Å². The van der Waals surface area contributed by atoms with Gasteiger partial charge in [0, 0.05) is 25.2 Å². The first-order chi connectivity index (χ1) is 11.1. The maximum atomic E-state index is 13.6. The number of aliphatic imine (C=N–C) groups is 1. The molecule has 5 nitrogen and oxygen atoms in total. The average Bonchev–Trinajstić information content (AvgIpc) is 3.07. The van der Waals surface area contributed by atoms with Gasteiger partial charge < -0.3 is 15.5 Å². The van der Waals surface area contributed by atoms with Crippen LogP contribution >= 0.6 is 0 Å². The quantitative estimate of drug-likeness (QED) is 0.639. The van der Waals surface area contributed by atoms with Crippen molar-refractivity contribution in [3.8, 4) is 0 Å². The van der Waals surface area contributed by atoms with Crippen LogP contribution in [0, 0.1) is 11.6 Å². The van der Waals surface area contributed by atoms with Crippen LogP contribution in [-0.4, -0.2) is 42.9 Å². The van der Waals surface area contributed by atoms with Gasteiger partial charge in [0.1, 0.15) is 11.6 Å². The monoisotopic (exact) mass is 324 g/mol. The van der Waals surface area contributed by atoms with Crippen molar-refractivity contribution in [2.75, 3.05) is 26.2 Å². The van der Waals surface area contributed by atoms with Crippen molar-refractivity contribution in [3.05, 3.63) is 35.4 Å². The molecule has 2 rings (SSSR count). The fraction of sp³-hybridized carbons (Fsp3) is 0.500. The molecule has 126 valence electrons. The number of carbonyl (C=O) groups is 1. The van der Waals surface area contributed by atoms with Gasteiger partial charge >= 0.3 is 0 Å². The van der Waals surface area contributed by atoms with E-state index in [-0.39, 0.29) is 24.6 Å². The summed E-state index contributed by atoms with van der Waals surface area (Å²) in [6.45, 7) is 4.22. The molecule has 23 heavy (non-hydrogen) atoms. The second-order valence-electron chi connectivity index (χ2n) is 5.37. The Kier molecular flexibility index (Phi) is 6.31. The van der Waals surface area contributed by atoms with E-state index in [1.54, 1.807) is 0 Å². The Labute approximate surface area is 134 Å². The molecule has 1 aliphatic rings. The zero-order valence-corrected chi connectivity index (χ0v) is 13.2. The molecule has 1 aliphatic heterocycles. The molecule has 0 spiro atoms. The fourth-order valence-corrected chi connectivity index (χ4v) is 2.41. The van der Waals surface area contributed by atoms with Gasteiger partial charge in [0.25, 0.3) is 0 Å². The number of carbonyl (C=O) groups excluding carboxylic acids is 1.